The third-order valence-corrected chi connectivity index (χ3v) is 5.38. The monoisotopic (exact) mass is 405 g/mol. The van der Waals surface area contributed by atoms with E-state index in [-0.39, 0.29) is 18.0 Å². The largest absolute Gasteiger partial charge is 0.416 e. The summed E-state index contributed by atoms with van der Waals surface area (Å²) in [5.74, 6) is -0.000349. The molecule has 2 aromatic rings. The molecule has 0 bridgehead atoms. The Hall–Kier alpha value is -2.65. The van der Waals surface area contributed by atoms with Gasteiger partial charge in [-0.25, -0.2) is 10.9 Å². The summed E-state index contributed by atoms with van der Waals surface area (Å²) < 4.78 is 38.8. The van der Waals surface area contributed by atoms with Crippen molar-refractivity contribution in [1.29, 1.82) is 0 Å². The van der Waals surface area contributed by atoms with E-state index in [1.807, 2.05) is 23.1 Å². The highest BCUT2D eigenvalue weighted by atomic mass is 19.4. The minimum atomic E-state index is -4.36. The number of nitrogens with zero attached hydrogens (tertiary/aromatic N) is 3. The number of aromatic nitrogens is 1. The molecular formula is C20H22F3N5O. The molecule has 4 rings (SSSR count). The Bertz CT molecular complexity index is 853. The van der Waals surface area contributed by atoms with Crippen LogP contribution in [0.4, 0.5) is 18.9 Å². The van der Waals surface area contributed by atoms with Gasteiger partial charge in [0, 0.05) is 38.1 Å². The SMILES string of the molecule is O=C(C1CC(c2ccccn2)NN1)N1CCN(c2cccc(C(F)(F)F)c2)CC1. The van der Waals surface area contributed by atoms with Crippen LogP contribution in [0.3, 0.4) is 0 Å². The van der Waals surface area contributed by atoms with Gasteiger partial charge in [-0.1, -0.05) is 12.1 Å². The van der Waals surface area contributed by atoms with E-state index < -0.39 is 11.7 Å². The van der Waals surface area contributed by atoms with Crippen molar-refractivity contribution in [2.75, 3.05) is 31.1 Å². The van der Waals surface area contributed by atoms with Crippen LogP contribution in [-0.4, -0.2) is 48.0 Å². The van der Waals surface area contributed by atoms with E-state index >= 15 is 0 Å². The van der Waals surface area contributed by atoms with Gasteiger partial charge in [0.1, 0.15) is 6.04 Å². The number of hydrogen-bond acceptors (Lipinski definition) is 5. The first-order valence-corrected chi connectivity index (χ1v) is 9.55. The quantitative estimate of drug-likeness (QED) is 0.821. The summed E-state index contributed by atoms with van der Waals surface area (Å²) in [5, 5.41) is 0. The Morgan fingerprint density at radius 1 is 1.03 bits per heavy atom. The lowest BCUT2D eigenvalue weighted by atomic mass is 10.1. The van der Waals surface area contributed by atoms with Crippen LogP contribution in [0.25, 0.3) is 0 Å². The number of amides is 1. The normalized spacial score (nSPS) is 22.7. The van der Waals surface area contributed by atoms with Crippen molar-refractivity contribution in [3.63, 3.8) is 0 Å². The maximum absolute atomic E-state index is 12.9. The number of halogens is 3. The van der Waals surface area contributed by atoms with Crippen LogP contribution in [0.2, 0.25) is 0 Å². The Morgan fingerprint density at radius 3 is 2.52 bits per heavy atom. The van der Waals surface area contributed by atoms with Gasteiger partial charge in [-0.05, 0) is 36.8 Å². The Labute approximate surface area is 166 Å². The molecule has 9 heteroatoms. The van der Waals surface area contributed by atoms with Crippen molar-refractivity contribution >= 4 is 11.6 Å². The minimum absolute atomic E-state index is 0.000349. The second-order valence-electron chi connectivity index (χ2n) is 7.24. The van der Waals surface area contributed by atoms with Crippen molar-refractivity contribution < 1.29 is 18.0 Å². The number of piperazine rings is 1. The van der Waals surface area contributed by atoms with E-state index in [0.717, 1.165) is 17.8 Å². The molecule has 0 spiro atoms. The fourth-order valence-corrected chi connectivity index (χ4v) is 3.78. The lowest BCUT2D eigenvalue weighted by molar-refractivity contribution is -0.137. The summed E-state index contributed by atoms with van der Waals surface area (Å²) in [5.41, 5.74) is 6.92. The minimum Gasteiger partial charge on any atom is -0.368 e. The molecule has 2 atom stereocenters. The van der Waals surface area contributed by atoms with Gasteiger partial charge >= 0.3 is 6.18 Å². The molecule has 1 amide bonds. The molecule has 0 aliphatic carbocycles. The number of rotatable bonds is 3. The van der Waals surface area contributed by atoms with Crippen LogP contribution in [0.15, 0.2) is 48.7 Å². The molecule has 1 aromatic heterocycles. The fourth-order valence-electron chi connectivity index (χ4n) is 3.78. The second kappa shape index (κ2) is 8.00. The predicted molar refractivity (Wildman–Crippen MR) is 102 cm³/mol. The third-order valence-electron chi connectivity index (χ3n) is 5.38. The van der Waals surface area contributed by atoms with Crippen molar-refractivity contribution in [2.45, 2.75) is 24.7 Å². The molecule has 1 aromatic carbocycles. The Morgan fingerprint density at radius 2 is 1.83 bits per heavy atom. The first kappa shape index (κ1) is 19.7. The summed E-state index contributed by atoms with van der Waals surface area (Å²) >= 11 is 0. The fraction of sp³-hybridized carbons (Fsp3) is 0.400. The number of hydrogen-bond donors (Lipinski definition) is 2. The van der Waals surface area contributed by atoms with E-state index in [0.29, 0.717) is 38.3 Å². The van der Waals surface area contributed by atoms with E-state index in [1.165, 1.54) is 6.07 Å². The summed E-state index contributed by atoms with van der Waals surface area (Å²) in [4.78, 5) is 20.8. The first-order chi connectivity index (χ1) is 13.9. The summed E-state index contributed by atoms with van der Waals surface area (Å²) in [6.07, 6.45) is -2.04. The molecule has 154 valence electrons. The number of nitrogens with one attached hydrogen (secondary N) is 2. The maximum Gasteiger partial charge on any atom is 0.416 e. The van der Waals surface area contributed by atoms with Crippen LogP contribution in [0.5, 0.6) is 0 Å². The summed E-state index contributed by atoms with van der Waals surface area (Å²) in [7, 11) is 0. The van der Waals surface area contributed by atoms with Crippen LogP contribution in [0, 0.1) is 0 Å². The molecule has 2 aliphatic heterocycles. The Kier molecular flexibility index (Phi) is 5.42. The zero-order chi connectivity index (χ0) is 20.4. The molecular weight excluding hydrogens is 383 g/mol. The molecule has 2 aliphatic rings. The molecule has 0 saturated carbocycles. The summed E-state index contributed by atoms with van der Waals surface area (Å²) in [6.45, 7) is 1.94. The highest BCUT2D eigenvalue weighted by Crippen LogP contribution is 2.32. The standard InChI is InChI=1S/C20H22F3N5O/c21-20(22,23)14-4-3-5-15(12-14)27-8-10-28(11-9-27)19(29)18-13-17(25-26-18)16-6-1-2-7-24-16/h1-7,12,17-18,25-26H,8-11,13H2. The molecule has 29 heavy (non-hydrogen) atoms. The van der Waals surface area contributed by atoms with Crippen molar-refractivity contribution in [1.82, 2.24) is 20.7 Å². The topological polar surface area (TPSA) is 60.5 Å². The zero-order valence-electron chi connectivity index (χ0n) is 15.7. The predicted octanol–water partition coefficient (Wildman–Crippen LogP) is 2.36. The summed E-state index contributed by atoms with van der Waals surface area (Å²) in [6, 6.07) is 10.6. The van der Waals surface area contributed by atoms with Gasteiger partial charge in [-0.3, -0.25) is 9.78 Å². The number of carbonyl (C=O) groups excluding carboxylic acids is 1. The number of carbonyl (C=O) groups is 1. The van der Waals surface area contributed by atoms with E-state index in [2.05, 4.69) is 15.8 Å². The lowest BCUT2D eigenvalue weighted by Crippen LogP contribution is -2.53. The first-order valence-electron chi connectivity index (χ1n) is 9.55. The lowest BCUT2D eigenvalue weighted by Gasteiger charge is -2.37. The van der Waals surface area contributed by atoms with Gasteiger partial charge < -0.3 is 9.80 Å². The third kappa shape index (κ3) is 4.35. The average molecular weight is 405 g/mol. The molecule has 0 radical (unpaired) electrons. The van der Waals surface area contributed by atoms with Crippen molar-refractivity contribution in [2.24, 2.45) is 0 Å². The number of anilines is 1. The van der Waals surface area contributed by atoms with E-state index in [9.17, 15) is 18.0 Å². The van der Waals surface area contributed by atoms with E-state index in [4.69, 9.17) is 0 Å². The molecule has 6 nitrogen and oxygen atoms in total. The van der Waals surface area contributed by atoms with Crippen LogP contribution < -0.4 is 15.8 Å². The highest BCUT2D eigenvalue weighted by molar-refractivity contribution is 5.82. The number of alkyl halides is 3. The highest BCUT2D eigenvalue weighted by Gasteiger charge is 2.35. The second-order valence-corrected chi connectivity index (χ2v) is 7.24. The van der Waals surface area contributed by atoms with Crippen molar-refractivity contribution in [3.8, 4) is 0 Å². The average Bonchev–Trinajstić information content (AvgIpc) is 3.24. The molecule has 3 heterocycles. The number of hydrazine groups is 1. The number of benzene rings is 1. The maximum atomic E-state index is 12.9. The van der Waals surface area contributed by atoms with Gasteiger partial charge in [-0.15, -0.1) is 0 Å². The smallest absolute Gasteiger partial charge is 0.368 e. The molecule has 2 fully saturated rings. The van der Waals surface area contributed by atoms with E-state index in [1.54, 1.807) is 17.2 Å². The van der Waals surface area contributed by atoms with Gasteiger partial charge in [0.25, 0.3) is 0 Å². The molecule has 2 N–H and O–H groups in total. The van der Waals surface area contributed by atoms with Crippen LogP contribution in [-0.2, 0) is 11.0 Å². The van der Waals surface area contributed by atoms with Gasteiger partial charge in [0.2, 0.25) is 5.91 Å². The number of pyridine rings is 1. The van der Waals surface area contributed by atoms with Crippen molar-refractivity contribution in [3.05, 3.63) is 59.9 Å². The molecule has 2 saturated heterocycles. The van der Waals surface area contributed by atoms with Crippen LogP contribution >= 0.6 is 0 Å². The van der Waals surface area contributed by atoms with Gasteiger partial charge in [0.05, 0.1) is 17.3 Å². The molecule has 2 unspecified atom stereocenters. The van der Waals surface area contributed by atoms with Gasteiger partial charge in [-0.2, -0.15) is 13.2 Å². The Balaban J connectivity index is 1.34. The van der Waals surface area contributed by atoms with Gasteiger partial charge in [0.15, 0.2) is 0 Å². The zero-order valence-corrected chi connectivity index (χ0v) is 15.7. The van der Waals surface area contributed by atoms with Crippen LogP contribution in [0.1, 0.15) is 23.7 Å².